The first-order chi connectivity index (χ1) is 8.24. The second-order valence-electron chi connectivity index (χ2n) is 5.03. The summed E-state index contributed by atoms with van der Waals surface area (Å²) in [6, 6.07) is 0. The number of carbonyl (C=O) groups excluding carboxylic acids is 1. The number of carbonyl (C=O) groups is 1. The van der Waals surface area contributed by atoms with Gasteiger partial charge in [-0.2, -0.15) is 0 Å². The van der Waals surface area contributed by atoms with Gasteiger partial charge in [0.1, 0.15) is 0 Å². The van der Waals surface area contributed by atoms with Gasteiger partial charge in [0.25, 0.3) is 0 Å². The molecule has 1 fully saturated rings. The molecule has 1 rings (SSSR count). The molecule has 98 valence electrons. The lowest BCUT2D eigenvalue weighted by Crippen LogP contribution is -2.36. The minimum absolute atomic E-state index is 0.217. The SMILES string of the molecule is C=CCCCCCN(C)C(=O)CNCC1CC1. The maximum Gasteiger partial charge on any atom is 0.236 e. The van der Waals surface area contributed by atoms with E-state index in [0.29, 0.717) is 6.54 Å². The summed E-state index contributed by atoms with van der Waals surface area (Å²) in [5.74, 6) is 1.06. The van der Waals surface area contributed by atoms with Crippen molar-refractivity contribution in [3.63, 3.8) is 0 Å². The zero-order chi connectivity index (χ0) is 12.5. The highest BCUT2D eigenvalue weighted by molar-refractivity contribution is 5.77. The van der Waals surface area contributed by atoms with Crippen molar-refractivity contribution in [2.24, 2.45) is 5.92 Å². The Hall–Kier alpha value is -0.830. The summed E-state index contributed by atoms with van der Waals surface area (Å²) < 4.78 is 0. The number of nitrogens with zero attached hydrogens (tertiary/aromatic N) is 1. The Kier molecular flexibility index (Phi) is 6.94. The molecular weight excluding hydrogens is 212 g/mol. The Balaban J connectivity index is 1.94. The first kappa shape index (κ1) is 14.2. The maximum atomic E-state index is 11.7. The van der Waals surface area contributed by atoms with Crippen LogP contribution in [-0.4, -0.2) is 37.5 Å². The van der Waals surface area contributed by atoms with E-state index in [4.69, 9.17) is 0 Å². The molecule has 0 aromatic carbocycles. The van der Waals surface area contributed by atoms with E-state index in [2.05, 4.69) is 11.9 Å². The van der Waals surface area contributed by atoms with E-state index in [1.807, 2.05) is 18.0 Å². The van der Waals surface area contributed by atoms with Crippen molar-refractivity contribution < 1.29 is 4.79 Å². The van der Waals surface area contributed by atoms with E-state index in [0.717, 1.165) is 31.8 Å². The van der Waals surface area contributed by atoms with Gasteiger partial charge in [-0.1, -0.05) is 12.5 Å². The molecule has 1 aliphatic rings. The number of likely N-dealkylation sites (N-methyl/N-ethyl adjacent to an activating group) is 1. The average Bonchev–Trinajstić information content (AvgIpc) is 3.12. The summed E-state index contributed by atoms with van der Waals surface area (Å²) in [5, 5.41) is 3.23. The van der Waals surface area contributed by atoms with Crippen LogP contribution in [0.2, 0.25) is 0 Å². The fraction of sp³-hybridized carbons (Fsp3) is 0.786. The Morgan fingerprint density at radius 1 is 1.41 bits per heavy atom. The molecule has 1 amide bonds. The number of hydrogen-bond acceptors (Lipinski definition) is 2. The van der Waals surface area contributed by atoms with Gasteiger partial charge in [0, 0.05) is 13.6 Å². The lowest BCUT2D eigenvalue weighted by molar-refractivity contribution is -0.129. The Morgan fingerprint density at radius 2 is 2.18 bits per heavy atom. The molecule has 1 aliphatic carbocycles. The van der Waals surface area contributed by atoms with Gasteiger partial charge in [-0.05, 0) is 44.6 Å². The van der Waals surface area contributed by atoms with Crippen molar-refractivity contribution >= 4 is 5.91 Å². The van der Waals surface area contributed by atoms with Crippen LogP contribution in [0.3, 0.4) is 0 Å². The predicted octanol–water partition coefficient (Wildman–Crippen LogP) is 2.19. The molecule has 0 bridgehead atoms. The Labute approximate surface area is 105 Å². The molecule has 0 heterocycles. The normalized spacial score (nSPS) is 14.6. The molecule has 3 heteroatoms. The van der Waals surface area contributed by atoms with Crippen LogP contribution in [0, 0.1) is 5.92 Å². The molecule has 3 nitrogen and oxygen atoms in total. The van der Waals surface area contributed by atoms with Gasteiger partial charge >= 0.3 is 0 Å². The average molecular weight is 238 g/mol. The minimum Gasteiger partial charge on any atom is -0.345 e. The van der Waals surface area contributed by atoms with Crippen molar-refractivity contribution in [3.8, 4) is 0 Å². The lowest BCUT2D eigenvalue weighted by atomic mass is 10.2. The quantitative estimate of drug-likeness (QED) is 0.467. The molecule has 17 heavy (non-hydrogen) atoms. The summed E-state index contributed by atoms with van der Waals surface area (Å²) in [5.41, 5.74) is 0. The van der Waals surface area contributed by atoms with Crippen LogP contribution in [0.4, 0.5) is 0 Å². The zero-order valence-electron chi connectivity index (χ0n) is 11.1. The fourth-order valence-electron chi connectivity index (χ4n) is 1.78. The summed E-state index contributed by atoms with van der Waals surface area (Å²) >= 11 is 0. The van der Waals surface area contributed by atoms with Crippen LogP contribution in [0.15, 0.2) is 12.7 Å². The van der Waals surface area contributed by atoms with Crippen molar-refractivity contribution in [2.45, 2.75) is 38.5 Å². The van der Waals surface area contributed by atoms with E-state index in [-0.39, 0.29) is 5.91 Å². The molecule has 1 N–H and O–H groups in total. The third kappa shape index (κ3) is 7.16. The van der Waals surface area contributed by atoms with Gasteiger partial charge in [0.2, 0.25) is 5.91 Å². The second-order valence-corrected chi connectivity index (χ2v) is 5.03. The van der Waals surface area contributed by atoms with E-state index < -0.39 is 0 Å². The molecule has 0 saturated heterocycles. The predicted molar refractivity (Wildman–Crippen MR) is 71.9 cm³/mol. The standard InChI is InChI=1S/C14H26N2O/c1-3-4-5-6-7-10-16(2)14(17)12-15-11-13-8-9-13/h3,13,15H,1,4-12H2,2H3. The number of nitrogens with one attached hydrogen (secondary N) is 1. The number of allylic oxidation sites excluding steroid dienone is 1. The largest absolute Gasteiger partial charge is 0.345 e. The molecule has 1 saturated carbocycles. The van der Waals surface area contributed by atoms with Crippen molar-refractivity contribution in [3.05, 3.63) is 12.7 Å². The number of unbranched alkanes of at least 4 members (excludes halogenated alkanes) is 3. The van der Waals surface area contributed by atoms with Crippen LogP contribution in [0.1, 0.15) is 38.5 Å². The van der Waals surface area contributed by atoms with Crippen LogP contribution >= 0.6 is 0 Å². The summed E-state index contributed by atoms with van der Waals surface area (Å²) in [7, 11) is 1.90. The van der Waals surface area contributed by atoms with Gasteiger partial charge < -0.3 is 10.2 Å². The third-order valence-electron chi connectivity index (χ3n) is 3.23. The first-order valence-electron chi connectivity index (χ1n) is 6.79. The molecule has 0 spiro atoms. The van der Waals surface area contributed by atoms with E-state index in [1.165, 1.54) is 25.7 Å². The van der Waals surface area contributed by atoms with E-state index in [9.17, 15) is 4.79 Å². The second kappa shape index (κ2) is 8.29. The first-order valence-corrected chi connectivity index (χ1v) is 6.79. The summed E-state index contributed by atoms with van der Waals surface area (Å²) in [4.78, 5) is 13.6. The lowest BCUT2D eigenvalue weighted by Gasteiger charge is -2.17. The van der Waals surface area contributed by atoms with Gasteiger partial charge in [0.05, 0.1) is 6.54 Å². The van der Waals surface area contributed by atoms with Crippen molar-refractivity contribution in [1.29, 1.82) is 0 Å². The molecule has 0 atom stereocenters. The number of hydrogen-bond donors (Lipinski definition) is 1. The molecule has 0 radical (unpaired) electrons. The maximum absolute atomic E-state index is 11.7. The Morgan fingerprint density at radius 3 is 2.82 bits per heavy atom. The molecule has 0 aliphatic heterocycles. The third-order valence-corrected chi connectivity index (χ3v) is 3.23. The molecular formula is C14H26N2O. The van der Waals surface area contributed by atoms with Crippen molar-refractivity contribution in [1.82, 2.24) is 10.2 Å². The highest BCUT2D eigenvalue weighted by atomic mass is 16.2. The smallest absolute Gasteiger partial charge is 0.236 e. The minimum atomic E-state index is 0.217. The van der Waals surface area contributed by atoms with Gasteiger partial charge in [-0.25, -0.2) is 0 Å². The van der Waals surface area contributed by atoms with Gasteiger partial charge in [-0.3, -0.25) is 4.79 Å². The highest BCUT2D eigenvalue weighted by Crippen LogP contribution is 2.27. The Bertz CT molecular complexity index is 236. The van der Waals surface area contributed by atoms with Crippen LogP contribution < -0.4 is 5.32 Å². The topological polar surface area (TPSA) is 32.3 Å². The van der Waals surface area contributed by atoms with Crippen molar-refractivity contribution in [2.75, 3.05) is 26.7 Å². The van der Waals surface area contributed by atoms with E-state index >= 15 is 0 Å². The molecule has 0 unspecified atom stereocenters. The number of amides is 1. The molecule has 0 aromatic rings. The zero-order valence-corrected chi connectivity index (χ0v) is 11.1. The molecule has 0 aromatic heterocycles. The fourth-order valence-corrected chi connectivity index (χ4v) is 1.78. The van der Waals surface area contributed by atoms with Gasteiger partial charge in [0.15, 0.2) is 0 Å². The van der Waals surface area contributed by atoms with Crippen LogP contribution in [0.25, 0.3) is 0 Å². The van der Waals surface area contributed by atoms with E-state index in [1.54, 1.807) is 0 Å². The summed E-state index contributed by atoms with van der Waals surface area (Å²) in [6.07, 6.45) is 9.17. The highest BCUT2D eigenvalue weighted by Gasteiger charge is 2.20. The number of rotatable bonds is 10. The van der Waals surface area contributed by atoms with Gasteiger partial charge in [-0.15, -0.1) is 6.58 Å². The summed E-state index contributed by atoms with van der Waals surface area (Å²) in [6.45, 7) is 6.09. The monoisotopic (exact) mass is 238 g/mol. The van der Waals surface area contributed by atoms with Crippen LogP contribution in [0.5, 0.6) is 0 Å². The van der Waals surface area contributed by atoms with Crippen LogP contribution in [-0.2, 0) is 4.79 Å².